The Hall–Kier alpha value is -2.66. The second kappa shape index (κ2) is 7.94. The molecule has 0 bridgehead atoms. The number of hydrogen-bond donors (Lipinski definition) is 0. The van der Waals surface area contributed by atoms with Crippen LogP contribution >= 0.6 is 11.3 Å². The molecule has 3 rings (SSSR count). The summed E-state index contributed by atoms with van der Waals surface area (Å²) in [6.45, 7) is 2.42. The van der Waals surface area contributed by atoms with Gasteiger partial charge in [-0.2, -0.15) is 0 Å². The fraction of sp³-hybridized carbons (Fsp3) is 0.200. The standard InChI is InChI=1S/C20H18O4S/c1-2-7-18(21)24-13-6-12-23-15-9-5-11-17-19(15)20(22)14-8-3-4-10-16(14)25-17/h2-5,7-11H,6,12-13H2,1H3. The Bertz CT molecular complexity index is 988. The van der Waals surface area contributed by atoms with E-state index in [9.17, 15) is 9.59 Å². The smallest absolute Gasteiger partial charge is 0.330 e. The van der Waals surface area contributed by atoms with E-state index in [0.29, 0.717) is 29.5 Å². The van der Waals surface area contributed by atoms with Crippen molar-refractivity contribution in [3.63, 3.8) is 0 Å². The van der Waals surface area contributed by atoms with Crippen molar-refractivity contribution in [2.45, 2.75) is 13.3 Å². The summed E-state index contributed by atoms with van der Waals surface area (Å²) in [7, 11) is 0. The number of allylic oxidation sites excluding steroid dienone is 1. The molecule has 0 radical (unpaired) electrons. The Kier molecular flexibility index (Phi) is 5.46. The van der Waals surface area contributed by atoms with Crippen LogP contribution in [0.2, 0.25) is 0 Å². The van der Waals surface area contributed by atoms with E-state index in [1.165, 1.54) is 6.08 Å². The Morgan fingerprint density at radius 3 is 2.72 bits per heavy atom. The van der Waals surface area contributed by atoms with Crippen LogP contribution in [0.25, 0.3) is 20.2 Å². The molecule has 1 heterocycles. The van der Waals surface area contributed by atoms with E-state index in [2.05, 4.69) is 0 Å². The Morgan fingerprint density at radius 2 is 1.88 bits per heavy atom. The van der Waals surface area contributed by atoms with Crippen molar-refractivity contribution in [3.8, 4) is 5.75 Å². The van der Waals surface area contributed by atoms with Crippen molar-refractivity contribution in [1.29, 1.82) is 0 Å². The SMILES string of the molecule is CC=CC(=O)OCCCOc1cccc2sc3ccccc3c(=O)c12. The average Bonchev–Trinajstić information content (AvgIpc) is 2.62. The number of benzene rings is 2. The first-order valence-electron chi connectivity index (χ1n) is 8.07. The summed E-state index contributed by atoms with van der Waals surface area (Å²) in [5.41, 5.74) is -0.0144. The van der Waals surface area contributed by atoms with E-state index in [4.69, 9.17) is 9.47 Å². The van der Waals surface area contributed by atoms with Crippen LogP contribution < -0.4 is 10.2 Å². The minimum absolute atomic E-state index is 0.0144. The zero-order valence-electron chi connectivity index (χ0n) is 13.9. The molecule has 4 nitrogen and oxygen atoms in total. The van der Waals surface area contributed by atoms with Crippen molar-refractivity contribution in [3.05, 3.63) is 64.8 Å². The van der Waals surface area contributed by atoms with Crippen LogP contribution in [0.4, 0.5) is 0 Å². The van der Waals surface area contributed by atoms with Crippen LogP contribution in [-0.2, 0) is 9.53 Å². The lowest BCUT2D eigenvalue weighted by Crippen LogP contribution is -2.08. The van der Waals surface area contributed by atoms with Gasteiger partial charge in [0.25, 0.3) is 0 Å². The van der Waals surface area contributed by atoms with E-state index in [1.807, 2.05) is 36.4 Å². The molecule has 1 aromatic heterocycles. The first kappa shape index (κ1) is 17.2. The lowest BCUT2D eigenvalue weighted by molar-refractivity contribution is -0.137. The molecular formula is C20H18O4S. The molecule has 0 saturated heterocycles. The molecule has 0 aliphatic carbocycles. The molecule has 0 atom stereocenters. The first-order chi connectivity index (χ1) is 12.2. The van der Waals surface area contributed by atoms with Crippen LogP contribution in [-0.4, -0.2) is 19.2 Å². The fourth-order valence-electron chi connectivity index (χ4n) is 2.53. The lowest BCUT2D eigenvalue weighted by atomic mass is 10.1. The Balaban J connectivity index is 1.77. The summed E-state index contributed by atoms with van der Waals surface area (Å²) in [4.78, 5) is 24.0. The highest BCUT2D eigenvalue weighted by Gasteiger charge is 2.10. The minimum Gasteiger partial charge on any atom is -0.493 e. The minimum atomic E-state index is -0.359. The van der Waals surface area contributed by atoms with Crippen molar-refractivity contribution in [2.24, 2.45) is 0 Å². The summed E-state index contributed by atoms with van der Waals surface area (Å²) in [6, 6.07) is 13.2. The molecule has 0 fully saturated rings. The predicted molar refractivity (Wildman–Crippen MR) is 101 cm³/mol. The van der Waals surface area contributed by atoms with Gasteiger partial charge in [-0.25, -0.2) is 4.79 Å². The molecule has 0 amide bonds. The third kappa shape index (κ3) is 3.88. The molecule has 0 unspecified atom stereocenters. The maximum Gasteiger partial charge on any atom is 0.330 e. The maximum atomic E-state index is 12.8. The number of rotatable bonds is 6. The van der Waals surface area contributed by atoms with E-state index in [-0.39, 0.29) is 18.0 Å². The number of carbonyl (C=O) groups is 1. The van der Waals surface area contributed by atoms with Crippen molar-refractivity contribution >= 4 is 37.5 Å². The van der Waals surface area contributed by atoms with Gasteiger partial charge in [0.05, 0.1) is 18.6 Å². The van der Waals surface area contributed by atoms with Gasteiger partial charge in [0.2, 0.25) is 0 Å². The van der Waals surface area contributed by atoms with Gasteiger partial charge >= 0.3 is 5.97 Å². The largest absolute Gasteiger partial charge is 0.493 e. The topological polar surface area (TPSA) is 52.6 Å². The first-order valence-corrected chi connectivity index (χ1v) is 8.89. The Labute approximate surface area is 149 Å². The summed E-state index contributed by atoms with van der Waals surface area (Å²) in [6.07, 6.45) is 3.57. The molecular weight excluding hydrogens is 336 g/mol. The summed E-state index contributed by atoms with van der Waals surface area (Å²) < 4.78 is 12.7. The Morgan fingerprint density at radius 1 is 1.08 bits per heavy atom. The van der Waals surface area contributed by atoms with Gasteiger partial charge in [-0.1, -0.05) is 24.3 Å². The highest BCUT2D eigenvalue weighted by Crippen LogP contribution is 2.30. The summed E-state index contributed by atoms with van der Waals surface area (Å²) in [5.74, 6) is 0.215. The highest BCUT2D eigenvalue weighted by molar-refractivity contribution is 7.24. The van der Waals surface area contributed by atoms with E-state index < -0.39 is 0 Å². The van der Waals surface area contributed by atoms with E-state index in [0.717, 1.165) is 9.40 Å². The molecule has 5 heteroatoms. The molecule has 128 valence electrons. The number of fused-ring (bicyclic) bond motifs is 2. The third-order valence-corrected chi connectivity index (χ3v) is 4.80. The molecule has 0 spiro atoms. The summed E-state index contributed by atoms with van der Waals surface area (Å²) in [5, 5.41) is 1.31. The van der Waals surface area contributed by atoms with Gasteiger partial charge in [0, 0.05) is 27.3 Å². The normalized spacial score (nSPS) is 11.2. The maximum absolute atomic E-state index is 12.8. The van der Waals surface area contributed by atoms with Gasteiger partial charge in [0.15, 0.2) is 5.43 Å². The van der Waals surface area contributed by atoms with Gasteiger partial charge in [-0.05, 0) is 31.2 Å². The van der Waals surface area contributed by atoms with Crippen LogP contribution in [0.3, 0.4) is 0 Å². The van der Waals surface area contributed by atoms with E-state index >= 15 is 0 Å². The molecule has 0 saturated carbocycles. The molecule has 3 aromatic rings. The molecule has 0 aliphatic heterocycles. The average molecular weight is 354 g/mol. The van der Waals surface area contributed by atoms with Crippen molar-refractivity contribution in [1.82, 2.24) is 0 Å². The number of ether oxygens (including phenoxy) is 2. The number of esters is 1. The van der Waals surface area contributed by atoms with Crippen LogP contribution in [0, 0.1) is 0 Å². The highest BCUT2D eigenvalue weighted by atomic mass is 32.1. The molecule has 0 aliphatic rings. The van der Waals surface area contributed by atoms with Gasteiger partial charge in [0.1, 0.15) is 5.75 Å². The van der Waals surface area contributed by atoms with Crippen LogP contribution in [0.5, 0.6) is 5.75 Å². The van der Waals surface area contributed by atoms with Crippen LogP contribution in [0.1, 0.15) is 13.3 Å². The quantitative estimate of drug-likeness (QED) is 0.287. The number of carbonyl (C=O) groups excluding carboxylic acids is 1. The van der Waals surface area contributed by atoms with Gasteiger partial charge in [-0.3, -0.25) is 4.79 Å². The fourth-order valence-corrected chi connectivity index (χ4v) is 3.63. The van der Waals surface area contributed by atoms with Gasteiger partial charge < -0.3 is 9.47 Å². The predicted octanol–water partition coefficient (Wildman–Crippen LogP) is 4.30. The van der Waals surface area contributed by atoms with Crippen molar-refractivity contribution < 1.29 is 14.3 Å². The van der Waals surface area contributed by atoms with Crippen LogP contribution in [0.15, 0.2) is 59.4 Å². The van der Waals surface area contributed by atoms with E-state index in [1.54, 1.807) is 30.4 Å². The zero-order valence-corrected chi connectivity index (χ0v) is 14.7. The van der Waals surface area contributed by atoms with Gasteiger partial charge in [-0.15, -0.1) is 11.3 Å². The second-order valence-electron chi connectivity index (χ2n) is 5.43. The monoisotopic (exact) mass is 354 g/mol. The molecule has 2 aromatic carbocycles. The summed E-state index contributed by atoms with van der Waals surface area (Å²) >= 11 is 1.58. The molecule has 25 heavy (non-hydrogen) atoms. The second-order valence-corrected chi connectivity index (χ2v) is 6.51. The zero-order chi connectivity index (χ0) is 17.6. The molecule has 0 N–H and O–H groups in total. The van der Waals surface area contributed by atoms with Crippen molar-refractivity contribution in [2.75, 3.05) is 13.2 Å². The third-order valence-electron chi connectivity index (χ3n) is 3.66. The number of hydrogen-bond acceptors (Lipinski definition) is 5. The lowest BCUT2D eigenvalue weighted by Gasteiger charge is -2.09.